The van der Waals surface area contributed by atoms with Crippen molar-refractivity contribution in [2.75, 3.05) is 37.1 Å². The third-order valence-electron chi connectivity index (χ3n) is 4.22. The number of carbonyl (C=O) groups is 1. The predicted octanol–water partition coefficient (Wildman–Crippen LogP) is 1.99. The Kier molecular flexibility index (Phi) is 6.17. The molecule has 29 heavy (non-hydrogen) atoms. The SMILES string of the molecule is Cc1cc(C)cc(OCCNC(=O)CN(c2ccc3c(c2)OCO3)S(C)(=O)=O)c1. The number of nitrogens with zero attached hydrogens (tertiary/aromatic N) is 1. The summed E-state index contributed by atoms with van der Waals surface area (Å²) in [5.74, 6) is 1.28. The predicted molar refractivity (Wildman–Crippen MR) is 109 cm³/mol. The molecule has 2 aromatic carbocycles. The highest BCUT2D eigenvalue weighted by molar-refractivity contribution is 7.92. The maximum absolute atomic E-state index is 12.3. The van der Waals surface area contributed by atoms with Gasteiger partial charge in [-0.05, 0) is 49.2 Å². The monoisotopic (exact) mass is 420 g/mol. The molecule has 0 bridgehead atoms. The molecule has 9 heteroatoms. The fourth-order valence-electron chi connectivity index (χ4n) is 3.00. The van der Waals surface area contributed by atoms with Crippen LogP contribution in [-0.2, 0) is 14.8 Å². The van der Waals surface area contributed by atoms with Gasteiger partial charge in [-0.1, -0.05) is 6.07 Å². The van der Waals surface area contributed by atoms with Gasteiger partial charge in [-0.15, -0.1) is 0 Å². The molecule has 0 saturated heterocycles. The first-order valence-electron chi connectivity index (χ1n) is 9.07. The number of benzene rings is 2. The van der Waals surface area contributed by atoms with Crippen molar-refractivity contribution in [2.45, 2.75) is 13.8 Å². The van der Waals surface area contributed by atoms with Crippen LogP contribution in [-0.4, -0.2) is 47.1 Å². The number of anilines is 1. The van der Waals surface area contributed by atoms with Crippen molar-refractivity contribution >= 4 is 21.6 Å². The zero-order valence-corrected chi connectivity index (χ0v) is 17.4. The molecule has 1 amide bonds. The molecule has 0 fully saturated rings. The lowest BCUT2D eigenvalue weighted by Gasteiger charge is -2.22. The number of ether oxygens (including phenoxy) is 3. The quantitative estimate of drug-likeness (QED) is 0.657. The Hall–Kier alpha value is -2.94. The van der Waals surface area contributed by atoms with Gasteiger partial charge in [0.1, 0.15) is 18.9 Å². The van der Waals surface area contributed by atoms with Gasteiger partial charge < -0.3 is 19.5 Å². The van der Waals surface area contributed by atoms with Gasteiger partial charge in [-0.3, -0.25) is 9.10 Å². The van der Waals surface area contributed by atoms with E-state index >= 15 is 0 Å². The fraction of sp³-hybridized carbons (Fsp3) is 0.350. The average molecular weight is 420 g/mol. The molecule has 156 valence electrons. The van der Waals surface area contributed by atoms with E-state index in [1.165, 1.54) is 0 Å². The molecule has 1 aliphatic heterocycles. The Bertz CT molecular complexity index is 986. The van der Waals surface area contributed by atoms with Crippen LogP contribution >= 0.6 is 0 Å². The molecule has 0 aromatic heterocycles. The van der Waals surface area contributed by atoms with E-state index in [-0.39, 0.29) is 26.5 Å². The largest absolute Gasteiger partial charge is 0.492 e. The maximum Gasteiger partial charge on any atom is 0.240 e. The van der Waals surface area contributed by atoms with Crippen molar-refractivity contribution in [2.24, 2.45) is 0 Å². The van der Waals surface area contributed by atoms with Gasteiger partial charge >= 0.3 is 0 Å². The molecule has 1 heterocycles. The third kappa shape index (κ3) is 5.54. The van der Waals surface area contributed by atoms with Crippen LogP contribution in [0.5, 0.6) is 17.2 Å². The number of amides is 1. The van der Waals surface area contributed by atoms with Crippen LogP contribution in [0.15, 0.2) is 36.4 Å². The molecule has 0 atom stereocenters. The first kappa shape index (κ1) is 20.8. The van der Waals surface area contributed by atoms with Crippen LogP contribution < -0.4 is 23.8 Å². The lowest BCUT2D eigenvalue weighted by molar-refractivity contribution is -0.119. The van der Waals surface area contributed by atoms with Gasteiger partial charge in [0.15, 0.2) is 11.5 Å². The minimum Gasteiger partial charge on any atom is -0.492 e. The topological polar surface area (TPSA) is 94.2 Å². The number of fused-ring (bicyclic) bond motifs is 1. The second kappa shape index (κ2) is 8.60. The van der Waals surface area contributed by atoms with E-state index in [4.69, 9.17) is 14.2 Å². The van der Waals surface area contributed by atoms with Gasteiger partial charge in [0.05, 0.1) is 18.5 Å². The van der Waals surface area contributed by atoms with Crippen molar-refractivity contribution in [1.82, 2.24) is 5.32 Å². The first-order chi connectivity index (χ1) is 13.7. The highest BCUT2D eigenvalue weighted by Crippen LogP contribution is 2.36. The normalized spacial score (nSPS) is 12.5. The second-order valence-corrected chi connectivity index (χ2v) is 8.74. The third-order valence-corrected chi connectivity index (χ3v) is 5.36. The van der Waals surface area contributed by atoms with Crippen molar-refractivity contribution in [1.29, 1.82) is 0 Å². The number of aryl methyl sites for hydroxylation is 2. The van der Waals surface area contributed by atoms with Crippen LogP contribution in [0.2, 0.25) is 0 Å². The smallest absolute Gasteiger partial charge is 0.240 e. The maximum atomic E-state index is 12.3. The standard InChI is InChI=1S/C20H24N2O6S/c1-14-8-15(2)10-17(9-14)26-7-6-21-20(23)12-22(29(3,24)25)16-4-5-18-19(11-16)28-13-27-18/h4-5,8-11H,6-7,12-13H2,1-3H3,(H,21,23). The molecule has 0 unspecified atom stereocenters. The summed E-state index contributed by atoms with van der Waals surface area (Å²) in [6.45, 7) is 4.23. The van der Waals surface area contributed by atoms with Crippen LogP contribution in [0.1, 0.15) is 11.1 Å². The average Bonchev–Trinajstić information content (AvgIpc) is 3.09. The fourth-order valence-corrected chi connectivity index (χ4v) is 3.85. The van der Waals surface area contributed by atoms with E-state index in [1.807, 2.05) is 32.0 Å². The van der Waals surface area contributed by atoms with Crippen molar-refractivity contribution < 1.29 is 27.4 Å². The van der Waals surface area contributed by atoms with Crippen LogP contribution in [0, 0.1) is 13.8 Å². The lowest BCUT2D eigenvalue weighted by atomic mass is 10.1. The first-order valence-corrected chi connectivity index (χ1v) is 10.9. The summed E-state index contributed by atoms with van der Waals surface area (Å²) in [5.41, 5.74) is 2.52. The Labute approximate surface area is 170 Å². The zero-order chi connectivity index (χ0) is 21.0. The van der Waals surface area contributed by atoms with Gasteiger partial charge in [0, 0.05) is 6.07 Å². The molecule has 0 saturated carbocycles. The van der Waals surface area contributed by atoms with E-state index in [0.717, 1.165) is 27.4 Å². The number of sulfonamides is 1. The van der Waals surface area contributed by atoms with Gasteiger partial charge in [0.2, 0.25) is 22.7 Å². The Morgan fingerprint density at radius 3 is 2.48 bits per heavy atom. The number of nitrogens with one attached hydrogen (secondary N) is 1. The molecule has 2 aromatic rings. The van der Waals surface area contributed by atoms with Gasteiger partial charge in [-0.25, -0.2) is 8.42 Å². The minimum absolute atomic E-state index is 0.0820. The van der Waals surface area contributed by atoms with E-state index in [2.05, 4.69) is 5.32 Å². The van der Waals surface area contributed by atoms with E-state index in [9.17, 15) is 13.2 Å². The summed E-state index contributed by atoms with van der Waals surface area (Å²) in [5, 5.41) is 2.68. The molecule has 1 aliphatic rings. The van der Waals surface area contributed by atoms with Crippen LogP contribution in [0.25, 0.3) is 0 Å². The van der Waals surface area contributed by atoms with Gasteiger partial charge in [-0.2, -0.15) is 0 Å². The zero-order valence-electron chi connectivity index (χ0n) is 16.6. The molecule has 0 radical (unpaired) electrons. The molecule has 1 N–H and O–H groups in total. The van der Waals surface area contributed by atoms with Crippen LogP contribution in [0.3, 0.4) is 0 Å². The molecule has 0 spiro atoms. The van der Waals surface area contributed by atoms with Gasteiger partial charge in [0.25, 0.3) is 0 Å². The Balaban J connectivity index is 1.56. The molecule has 8 nitrogen and oxygen atoms in total. The summed E-state index contributed by atoms with van der Waals surface area (Å²) in [7, 11) is -3.67. The Morgan fingerprint density at radius 1 is 1.10 bits per heavy atom. The molecular weight excluding hydrogens is 396 g/mol. The summed E-state index contributed by atoms with van der Waals surface area (Å²) in [4.78, 5) is 12.3. The highest BCUT2D eigenvalue weighted by Gasteiger charge is 2.23. The van der Waals surface area contributed by atoms with E-state index < -0.39 is 15.9 Å². The highest BCUT2D eigenvalue weighted by atomic mass is 32.2. The number of hydrogen-bond donors (Lipinski definition) is 1. The lowest BCUT2D eigenvalue weighted by Crippen LogP contribution is -2.41. The van der Waals surface area contributed by atoms with Crippen molar-refractivity contribution in [3.63, 3.8) is 0 Å². The summed E-state index contributed by atoms with van der Waals surface area (Å²) in [6, 6.07) is 10.6. The van der Waals surface area contributed by atoms with Crippen LogP contribution in [0.4, 0.5) is 5.69 Å². The second-order valence-electron chi connectivity index (χ2n) is 6.83. The van der Waals surface area contributed by atoms with E-state index in [1.54, 1.807) is 18.2 Å². The number of rotatable bonds is 8. The number of carbonyl (C=O) groups excluding carboxylic acids is 1. The van der Waals surface area contributed by atoms with E-state index in [0.29, 0.717) is 17.2 Å². The summed E-state index contributed by atoms with van der Waals surface area (Å²) in [6.07, 6.45) is 1.05. The van der Waals surface area contributed by atoms with Crippen molar-refractivity contribution in [3.05, 3.63) is 47.5 Å². The summed E-state index contributed by atoms with van der Waals surface area (Å²) >= 11 is 0. The van der Waals surface area contributed by atoms with Crippen molar-refractivity contribution in [3.8, 4) is 17.2 Å². The Morgan fingerprint density at radius 2 is 1.79 bits per heavy atom. The molecule has 0 aliphatic carbocycles. The minimum atomic E-state index is -3.67. The molecular formula is C20H24N2O6S. The molecule has 3 rings (SSSR count). The number of hydrogen-bond acceptors (Lipinski definition) is 6. The summed E-state index contributed by atoms with van der Waals surface area (Å²) < 4.78 is 41.6.